The molecule has 132 valence electrons. The maximum atomic E-state index is 12.9. The van der Waals surface area contributed by atoms with E-state index in [0.29, 0.717) is 48.9 Å². The lowest BCUT2D eigenvalue weighted by atomic mass is 10.1. The first-order valence-corrected chi connectivity index (χ1v) is 8.77. The number of rotatable bonds is 4. The highest BCUT2D eigenvalue weighted by Crippen LogP contribution is 2.28. The molecule has 5 nitrogen and oxygen atoms in total. The minimum absolute atomic E-state index is 0.0400. The molecule has 0 spiro atoms. The number of amides is 2. The Balaban J connectivity index is 2.11. The third kappa shape index (κ3) is 4.20. The molecule has 0 unspecified atom stereocenters. The molecule has 1 aromatic rings. The first-order chi connectivity index (χ1) is 11.5. The topological polar surface area (TPSA) is 49.9 Å². The fraction of sp³-hybridized carbons (Fsp3) is 0.556. The lowest BCUT2D eigenvalue weighted by Gasteiger charge is -2.23. The van der Waals surface area contributed by atoms with Crippen LogP contribution in [0.2, 0.25) is 5.02 Å². The van der Waals surface area contributed by atoms with Gasteiger partial charge in [0.05, 0.1) is 12.1 Å². The zero-order chi connectivity index (χ0) is 17.7. The summed E-state index contributed by atoms with van der Waals surface area (Å²) in [6.07, 6.45) is 2.22. The van der Waals surface area contributed by atoms with Crippen LogP contribution in [0.25, 0.3) is 0 Å². The van der Waals surface area contributed by atoms with E-state index in [4.69, 9.17) is 16.3 Å². The van der Waals surface area contributed by atoms with E-state index in [1.54, 1.807) is 19.2 Å². The van der Waals surface area contributed by atoms with Gasteiger partial charge in [0.25, 0.3) is 5.91 Å². The second-order valence-electron chi connectivity index (χ2n) is 6.08. The molecule has 1 aromatic carbocycles. The Hall–Kier alpha value is -1.75. The first-order valence-electron chi connectivity index (χ1n) is 8.39. The molecule has 1 heterocycles. The van der Waals surface area contributed by atoms with Gasteiger partial charge >= 0.3 is 0 Å². The monoisotopic (exact) mass is 352 g/mol. The molecule has 1 aliphatic rings. The van der Waals surface area contributed by atoms with Crippen LogP contribution in [0, 0.1) is 6.92 Å². The molecule has 6 heteroatoms. The molecule has 0 N–H and O–H groups in total. The average Bonchev–Trinajstić information content (AvgIpc) is 2.82. The van der Waals surface area contributed by atoms with Crippen molar-refractivity contribution in [2.45, 2.75) is 33.1 Å². The van der Waals surface area contributed by atoms with Crippen LogP contribution in [0.15, 0.2) is 12.1 Å². The van der Waals surface area contributed by atoms with Crippen molar-refractivity contribution < 1.29 is 14.3 Å². The average molecular weight is 353 g/mol. The van der Waals surface area contributed by atoms with Crippen LogP contribution in [0.4, 0.5) is 0 Å². The standard InChI is InChI=1S/C18H25ClN2O3/c1-4-6-17(22)20-7-5-8-21(10-9-20)18(23)14-12-15(19)16(24-3)11-13(14)2/h11-12H,4-10H2,1-3H3. The predicted molar refractivity (Wildman–Crippen MR) is 94.7 cm³/mol. The van der Waals surface area contributed by atoms with Gasteiger partial charge in [0, 0.05) is 38.2 Å². The molecule has 0 radical (unpaired) electrons. The number of halogens is 1. The van der Waals surface area contributed by atoms with Crippen LogP contribution in [-0.4, -0.2) is 54.9 Å². The molecule has 0 aromatic heterocycles. The van der Waals surface area contributed by atoms with Crippen molar-refractivity contribution in [1.82, 2.24) is 9.80 Å². The highest BCUT2D eigenvalue weighted by molar-refractivity contribution is 6.32. The van der Waals surface area contributed by atoms with Crippen LogP contribution in [0.3, 0.4) is 0 Å². The van der Waals surface area contributed by atoms with Gasteiger partial charge in [0.1, 0.15) is 5.75 Å². The Bertz CT molecular complexity index is 619. The normalized spacial score (nSPS) is 15.2. The van der Waals surface area contributed by atoms with Crippen molar-refractivity contribution in [3.63, 3.8) is 0 Å². The zero-order valence-corrected chi connectivity index (χ0v) is 15.4. The van der Waals surface area contributed by atoms with Crippen molar-refractivity contribution >= 4 is 23.4 Å². The number of hydrogen-bond acceptors (Lipinski definition) is 3. The van der Waals surface area contributed by atoms with Gasteiger partial charge in [-0.15, -0.1) is 0 Å². The quantitative estimate of drug-likeness (QED) is 0.836. The van der Waals surface area contributed by atoms with Gasteiger partial charge in [-0.05, 0) is 37.5 Å². The largest absolute Gasteiger partial charge is 0.495 e. The number of carbonyl (C=O) groups excluding carboxylic acids is 2. The summed E-state index contributed by atoms with van der Waals surface area (Å²) in [7, 11) is 1.55. The summed E-state index contributed by atoms with van der Waals surface area (Å²) in [5.41, 5.74) is 1.43. The summed E-state index contributed by atoms with van der Waals surface area (Å²) in [5.74, 6) is 0.704. The molecule has 1 aliphatic heterocycles. The van der Waals surface area contributed by atoms with Gasteiger partial charge in [-0.3, -0.25) is 9.59 Å². The van der Waals surface area contributed by atoms with Gasteiger partial charge in [-0.1, -0.05) is 18.5 Å². The van der Waals surface area contributed by atoms with E-state index in [9.17, 15) is 9.59 Å². The molecule has 1 fully saturated rings. The maximum absolute atomic E-state index is 12.9. The fourth-order valence-corrected chi connectivity index (χ4v) is 3.19. The van der Waals surface area contributed by atoms with Crippen LogP contribution in [-0.2, 0) is 4.79 Å². The van der Waals surface area contributed by atoms with Crippen LogP contribution < -0.4 is 4.74 Å². The minimum Gasteiger partial charge on any atom is -0.495 e. The van der Waals surface area contributed by atoms with Crippen LogP contribution >= 0.6 is 11.6 Å². The SMILES string of the molecule is CCCC(=O)N1CCCN(C(=O)c2cc(Cl)c(OC)cc2C)CC1. The number of benzene rings is 1. The Labute approximate surface area is 148 Å². The second-order valence-corrected chi connectivity index (χ2v) is 6.49. The Kier molecular flexibility index (Phi) is 6.49. The first kappa shape index (κ1) is 18.6. The smallest absolute Gasteiger partial charge is 0.254 e. The summed E-state index contributed by atoms with van der Waals surface area (Å²) in [6, 6.07) is 3.45. The van der Waals surface area contributed by atoms with Gasteiger partial charge < -0.3 is 14.5 Å². The van der Waals surface area contributed by atoms with E-state index < -0.39 is 0 Å². The summed E-state index contributed by atoms with van der Waals surface area (Å²) in [5, 5.41) is 0.432. The summed E-state index contributed by atoms with van der Waals surface area (Å²) in [6.45, 7) is 6.39. The maximum Gasteiger partial charge on any atom is 0.254 e. The third-order valence-corrected chi connectivity index (χ3v) is 4.62. The van der Waals surface area contributed by atoms with Crippen molar-refractivity contribution in [2.75, 3.05) is 33.3 Å². The molecule has 2 amide bonds. The Morgan fingerprint density at radius 2 is 1.83 bits per heavy atom. The minimum atomic E-state index is -0.0400. The lowest BCUT2D eigenvalue weighted by molar-refractivity contribution is -0.131. The molecular formula is C18H25ClN2O3. The predicted octanol–water partition coefficient (Wildman–Crippen LogP) is 3.13. The summed E-state index contributed by atoms with van der Waals surface area (Å²) in [4.78, 5) is 28.6. The van der Waals surface area contributed by atoms with Gasteiger partial charge in [-0.25, -0.2) is 0 Å². The van der Waals surface area contributed by atoms with Crippen molar-refractivity contribution in [1.29, 1.82) is 0 Å². The number of carbonyl (C=O) groups is 2. The molecule has 0 bridgehead atoms. The van der Waals surface area contributed by atoms with E-state index in [1.165, 1.54) is 0 Å². The van der Waals surface area contributed by atoms with Crippen molar-refractivity contribution in [3.05, 3.63) is 28.3 Å². The number of aryl methyl sites for hydroxylation is 1. The molecule has 1 saturated heterocycles. The van der Waals surface area contributed by atoms with Gasteiger partial charge in [0.2, 0.25) is 5.91 Å². The van der Waals surface area contributed by atoms with Gasteiger partial charge in [-0.2, -0.15) is 0 Å². The third-order valence-electron chi connectivity index (χ3n) is 4.33. The van der Waals surface area contributed by atoms with E-state index in [-0.39, 0.29) is 11.8 Å². The van der Waals surface area contributed by atoms with E-state index in [1.807, 2.05) is 23.6 Å². The van der Waals surface area contributed by atoms with Crippen LogP contribution in [0.5, 0.6) is 5.75 Å². The second kappa shape index (κ2) is 8.38. The van der Waals surface area contributed by atoms with Crippen molar-refractivity contribution in [2.24, 2.45) is 0 Å². The lowest BCUT2D eigenvalue weighted by Crippen LogP contribution is -2.37. The number of hydrogen-bond donors (Lipinski definition) is 0. The highest BCUT2D eigenvalue weighted by Gasteiger charge is 2.24. The Morgan fingerprint density at radius 1 is 1.17 bits per heavy atom. The van der Waals surface area contributed by atoms with Gasteiger partial charge in [0.15, 0.2) is 0 Å². The highest BCUT2D eigenvalue weighted by atomic mass is 35.5. The number of ether oxygens (including phenoxy) is 1. The fourth-order valence-electron chi connectivity index (χ4n) is 2.95. The number of nitrogens with zero attached hydrogens (tertiary/aromatic N) is 2. The molecule has 2 rings (SSSR count). The number of methoxy groups -OCH3 is 1. The van der Waals surface area contributed by atoms with Crippen molar-refractivity contribution in [3.8, 4) is 5.75 Å². The summed E-state index contributed by atoms with van der Waals surface area (Å²) >= 11 is 6.17. The zero-order valence-electron chi connectivity index (χ0n) is 14.6. The van der Waals surface area contributed by atoms with E-state index in [0.717, 1.165) is 18.4 Å². The molecular weight excluding hydrogens is 328 g/mol. The van der Waals surface area contributed by atoms with E-state index >= 15 is 0 Å². The Morgan fingerprint density at radius 3 is 2.50 bits per heavy atom. The summed E-state index contributed by atoms with van der Waals surface area (Å²) < 4.78 is 5.19. The molecule has 0 aliphatic carbocycles. The van der Waals surface area contributed by atoms with Crippen LogP contribution in [0.1, 0.15) is 42.1 Å². The molecule has 24 heavy (non-hydrogen) atoms. The molecule has 0 saturated carbocycles. The van der Waals surface area contributed by atoms with E-state index in [2.05, 4.69) is 0 Å². The molecule has 0 atom stereocenters.